The highest BCUT2D eigenvalue weighted by molar-refractivity contribution is 7.92. The molecular weight excluding hydrogens is 434 g/mol. The Morgan fingerprint density at radius 2 is 1.91 bits per heavy atom. The van der Waals surface area contributed by atoms with Gasteiger partial charge >= 0.3 is 11.9 Å². The van der Waals surface area contributed by atoms with Crippen LogP contribution in [0.15, 0.2) is 35.4 Å². The second-order valence-corrected chi connectivity index (χ2v) is 9.44. The van der Waals surface area contributed by atoms with E-state index in [-0.39, 0.29) is 33.9 Å². The summed E-state index contributed by atoms with van der Waals surface area (Å²) in [6.45, 7) is 6.46. The Balaban J connectivity index is 1.82. The molecular formula is C22H27N3O6S. The molecule has 0 amide bonds. The van der Waals surface area contributed by atoms with Gasteiger partial charge in [0.05, 0.1) is 29.3 Å². The average molecular weight is 462 g/mol. The summed E-state index contributed by atoms with van der Waals surface area (Å²) in [7, 11) is -3.92. The topological polar surface area (TPSA) is 126 Å². The summed E-state index contributed by atoms with van der Waals surface area (Å²) in [6, 6.07) is 6.36. The molecule has 172 valence electrons. The van der Waals surface area contributed by atoms with Crippen LogP contribution in [-0.2, 0) is 19.6 Å². The maximum atomic E-state index is 12.9. The van der Waals surface area contributed by atoms with Gasteiger partial charge in [0.1, 0.15) is 11.4 Å². The third-order valence-electron chi connectivity index (χ3n) is 5.40. The lowest BCUT2D eigenvalue weighted by Crippen LogP contribution is -2.38. The number of esters is 1. The molecule has 2 heterocycles. The Labute approximate surface area is 187 Å². The molecule has 3 rings (SSSR count). The summed E-state index contributed by atoms with van der Waals surface area (Å²) in [5, 5.41) is 9.71. The van der Waals surface area contributed by atoms with E-state index in [2.05, 4.69) is 9.71 Å². The first-order valence-corrected chi connectivity index (χ1v) is 11.9. The van der Waals surface area contributed by atoms with E-state index in [1.54, 1.807) is 37.8 Å². The van der Waals surface area contributed by atoms with Crippen LogP contribution in [0.1, 0.15) is 41.3 Å². The van der Waals surface area contributed by atoms with E-state index in [4.69, 9.17) is 4.74 Å². The number of hydrogen-bond donors (Lipinski definition) is 2. The standard InChI is InChI=1S/C22H27N3O6S/c1-4-31-22(28)16-7-9-25(10-8-16)20-18(21(26)27)12-17(13-23-20)24-32(29,30)19-11-14(2)5-6-15(19)3/h5-6,11-13,16,24H,4,7-10H2,1-3H3,(H,26,27). The first-order chi connectivity index (χ1) is 15.1. The number of carbonyl (C=O) groups excluding carboxylic acids is 1. The number of sulfonamides is 1. The Kier molecular flexibility index (Phi) is 7.02. The Hall–Kier alpha value is -3.14. The molecule has 1 aliphatic rings. The third kappa shape index (κ3) is 5.18. The van der Waals surface area contributed by atoms with Gasteiger partial charge in [0, 0.05) is 13.1 Å². The van der Waals surface area contributed by atoms with E-state index in [9.17, 15) is 23.1 Å². The first kappa shape index (κ1) is 23.5. The molecule has 0 unspecified atom stereocenters. The first-order valence-electron chi connectivity index (χ1n) is 10.4. The lowest BCUT2D eigenvalue weighted by molar-refractivity contribution is -0.148. The lowest BCUT2D eigenvalue weighted by atomic mass is 9.96. The summed E-state index contributed by atoms with van der Waals surface area (Å²) >= 11 is 0. The van der Waals surface area contributed by atoms with Crippen molar-refractivity contribution in [3.05, 3.63) is 47.2 Å². The zero-order chi connectivity index (χ0) is 23.5. The van der Waals surface area contributed by atoms with Crippen molar-refractivity contribution in [1.29, 1.82) is 0 Å². The molecule has 1 aliphatic heterocycles. The molecule has 0 saturated carbocycles. The summed E-state index contributed by atoms with van der Waals surface area (Å²) < 4.78 is 33.2. The zero-order valence-corrected chi connectivity index (χ0v) is 19.1. The fraction of sp³-hybridized carbons (Fsp3) is 0.409. The summed E-state index contributed by atoms with van der Waals surface area (Å²) in [6.07, 6.45) is 2.36. The number of carboxylic acids is 1. The van der Waals surface area contributed by atoms with Crippen LogP contribution in [0.3, 0.4) is 0 Å². The van der Waals surface area contributed by atoms with E-state index < -0.39 is 16.0 Å². The average Bonchev–Trinajstić information content (AvgIpc) is 2.75. The molecule has 2 aromatic rings. The minimum atomic E-state index is -3.92. The van der Waals surface area contributed by atoms with E-state index >= 15 is 0 Å². The molecule has 10 heteroatoms. The van der Waals surface area contributed by atoms with Crippen LogP contribution in [0.5, 0.6) is 0 Å². The molecule has 32 heavy (non-hydrogen) atoms. The summed E-state index contributed by atoms with van der Waals surface area (Å²) in [5.41, 5.74) is 1.33. The van der Waals surface area contributed by atoms with Crippen LogP contribution in [0.2, 0.25) is 0 Å². The molecule has 1 fully saturated rings. The second kappa shape index (κ2) is 9.56. The maximum Gasteiger partial charge on any atom is 0.339 e. The number of aromatic nitrogens is 1. The molecule has 1 aromatic heterocycles. The van der Waals surface area contributed by atoms with Gasteiger partial charge in [-0.05, 0) is 56.9 Å². The highest BCUT2D eigenvalue weighted by atomic mass is 32.2. The number of piperidine rings is 1. The summed E-state index contributed by atoms with van der Waals surface area (Å²) in [4.78, 5) is 30.0. The number of ether oxygens (including phenoxy) is 1. The van der Waals surface area contributed by atoms with Crippen LogP contribution in [0, 0.1) is 19.8 Å². The van der Waals surface area contributed by atoms with Gasteiger partial charge in [0.25, 0.3) is 10.0 Å². The van der Waals surface area contributed by atoms with E-state index in [0.717, 1.165) is 5.56 Å². The van der Waals surface area contributed by atoms with Gasteiger partial charge in [-0.25, -0.2) is 18.2 Å². The Bertz CT molecular complexity index is 1120. The number of benzene rings is 1. The molecule has 0 aliphatic carbocycles. The smallest absolute Gasteiger partial charge is 0.339 e. The number of rotatable bonds is 7. The normalized spacial score (nSPS) is 14.8. The Morgan fingerprint density at radius 1 is 1.22 bits per heavy atom. The maximum absolute atomic E-state index is 12.9. The highest BCUT2D eigenvalue weighted by Gasteiger charge is 2.29. The predicted molar refractivity (Wildman–Crippen MR) is 119 cm³/mol. The largest absolute Gasteiger partial charge is 0.478 e. The van der Waals surface area contributed by atoms with Crippen LogP contribution < -0.4 is 9.62 Å². The number of aryl methyl sites for hydroxylation is 2. The number of pyridine rings is 1. The van der Waals surface area contributed by atoms with Gasteiger partial charge in [-0.15, -0.1) is 0 Å². The molecule has 9 nitrogen and oxygen atoms in total. The quantitative estimate of drug-likeness (QED) is 0.603. The minimum absolute atomic E-state index is 0.0634. The fourth-order valence-electron chi connectivity index (χ4n) is 3.72. The third-order valence-corrected chi connectivity index (χ3v) is 6.92. The number of carbonyl (C=O) groups is 2. The van der Waals surface area contributed by atoms with Crippen molar-refractivity contribution in [1.82, 2.24) is 4.98 Å². The van der Waals surface area contributed by atoms with Crippen LogP contribution >= 0.6 is 0 Å². The Morgan fingerprint density at radius 3 is 2.53 bits per heavy atom. The van der Waals surface area contributed by atoms with E-state index in [1.165, 1.54) is 12.3 Å². The van der Waals surface area contributed by atoms with Crippen LogP contribution in [0.25, 0.3) is 0 Å². The van der Waals surface area contributed by atoms with Crippen molar-refractivity contribution in [3.8, 4) is 0 Å². The van der Waals surface area contributed by atoms with Gasteiger partial charge in [-0.1, -0.05) is 12.1 Å². The second-order valence-electron chi connectivity index (χ2n) is 7.79. The van der Waals surface area contributed by atoms with Crippen molar-refractivity contribution >= 4 is 33.5 Å². The molecule has 0 radical (unpaired) electrons. The fourth-order valence-corrected chi connectivity index (χ4v) is 5.08. The zero-order valence-electron chi connectivity index (χ0n) is 18.3. The predicted octanol–water partition coefficient (Wildman–Crippen LogP) is 2.98. The number of anilines is 2. The number of aromatic carboxylic acids is 1. The van der Waals surface area contributed by atoms with Crippen LogP contribution in [-0.4, -0.2) is 50.1 Å². The molecule has 0 bridgehead atoms. The van der Waals surface area contributed by atoms with Gasteiger partial charge in [0.15, 0.2) is 0 Å². The SMILES string of the molecule is CCOC(=O)C1CCN(c2ncc(NS(=O)(=O)c3cc(C)ccc3C)cc2C(=O)O)CC1. The summed E-state index contributed by atoms with van der Waals surface area (Å²) in [5.74, 6) is -1.43. The number of hydrogen-bond acceptors (Lipinski definition) is 7. The number of nitrogens with one attached hydrogen (secondary N) is 1. The molecule has 0 spiro atoms. The highest BCUT2D eigenvalue weighted by Crippen LogP contribution is 2.28. The van der Waals surface area contributed by atoms with Gasteiger partial charge in [-0.3, -0.25) is 9.52 Å². The van der Waals surface area contributed by atoms with Crippen molar-refractivity contribution in [2.24, 2.45) is 5.92 Å². The van der Waals surface area contributed by atoms with Crippen LogP contribution in [0.4, 0.5) is 11.5 Å². The van der Waals surface area contributed by atoms with E-state index in [1.807, 2.05) is 6.07 Å². The van der Waals surface area contributed by atoms with Crippen molar-refractivity contribution < 1.29 is 27.9 Å². The molecule has 0 atom stereocenters. The number of carboxylic acid groups (broad SMARTS) is 1. The van der Waals surface area contributed by atoms with Crippen molar-refractivity contribution in [2.45, 2.75) is 38.5 Å². The molecule has 1 saturated heterocycles. The van der Waals surface area contributed by atoms with Crippen molar-refractivity contribution in [2.75, 3.05) is 29.3 Å². The van der Waals surface area contributed by atoms with Crippen molar-refractivity contribution in [3.63, 3.8) is 0 Å². The minimum Gasteiger partial charge on any atom is -0.478 e. The van der Waals surface area contributed by atoms with Gasteiger partial charge in [0.2, 0.25) is 0 Å². The molecule has 2 N–H and O–H groups in total. The monoisotopic (exact) mass is 461 g/mol. The molecule has 1 aromatic carbocycles. The van der Waals surface area contributed by atoms with Gasteiger partial charge < -0.3 is 14.7 Å². The van der Waals surface area contributed by atoms with Gasteiger partial charge in [-0.2, -0.15) is 0 Å². The number of nitrogens with zero attached hydrogens (tertiary/aromatic N) is 2. The lowest BCUT2D eigenvalue weighted by Gasteiger charge is -2.32. The van der Waals surface area contributed by atoms with E-state index in [0.29, 0.717) is 38.1 Å².